The maximum absolute atomic E-state index is 11.9. The second-order valence-electron chi connectivity index (χ2n) is 5.18. The monoisotopic (exact) mass is 335 g/mol. The molecular formula is C14H23Cl2N3O2. The molecule has 1 aromatic heterocycles. The lowest BCUT2D eigenvalue weighted by Crippen LogP contribution is -2.34. The first-order chi connectivity index (χ1) is 9.16. The fourth-order valence-corrected chi connectivity index (χ4v) is 2.31. The normalized spacial score (nSPS) is 21.8. The number of pyridine rings is 1. The highest BCUT2D eigenvalue weighted by molar-refractivity contribution is 5.85. The number of hydrogen-bond acceptors (Lipinski definition) is 4. The maximum Gasteiger partial charge on any atom is 0.220 e. The van der Waals surface area contributed by atoms with Gasteiger partial charge < -0.3 is 15.7 Å². The van der Waals surface area contributed by atoms with Crippen LogP contribution in [0.15, 0.2) is 24.5 Å². The Hall–Kier alpha value is -0.880. The number of amides is 1. The predicted molar refractivity (Wildman–Crippen MR) is 87.1 cm³/mol. The van der Waals surface area contributed by atoms with Crippen molar-refractivity contribution in [3.8, 4) is 0 Å². The van der Waals surface area contributed by atoms with E-state index >= 15 is 0 Å². The molecule has 0 aromatic carbocycles. The molecule has 5 nitrogen and oxygen atoms in total. The molecule has 1 aromatic rings. The summed E-state index contributed by atoms with van der Waals surface area (Å²) in [5.74, 6) is 0.299. The minimum atomic E-state index is -0.351. The average molecular weight is 336 g/mol. The van der Waals surface area contributed by atoms with Gasteiger partial charge in [0.15, 0.2) is 0 Å². The van der Waals surface area contributed by atoms with Crippen LogP contribution in [0, 0.1) is 5.92 Å². The molecule has 0 spiro atoms. The summed E-state index contributed by atoms with van der Waals surface area (Å²) in [6.07, 6.45) is 3.62. The topological polar surface area (TPSA) is 74.2 Å². The molecule has 21 heavy (non-hydrogen) atoms. The molecule has 1 fully saturated rings. The van der Waals surface area contributed by atoms with Gasteiger partial charge in [0.1, 0.15) is 0 Å². The molecule has 3 atom stereocenters. The van der Waals surface area contributed by atoms with Crippen LogP contribution in [0.5, 0.6) is 0 Å². The van der Waals surface area contributed by atoms with Crippen molar-refractivity contribution in [1.82, 2.24) is 15.6 Å². The van der Waals surface area contributed by atoms with Crippen LogP contribution in [0.25, 0.3) is 0 Å². The number of rotatable bonds is 5. The van der Waals surface area contributed by atoms with E-state index < -0.39 is 0 Å². The summed E-state index contributed by atoms with van der Waals surface area (Å²) in [5.41, 5.74) is 1.07. The summed E-state index contributed by atoms with van der Waals surface area (Å²) < 4.78 is 0. The molecule has 1 aliphatic rings. The van der Waals surface area contributed by atoms with Crippen LogP contribution in [0.3, 0.4) is 0 Å². The smallest absolute Gasteiger partial charge is 0.220 e. The van der Waals surface area contributed by atoms with Crippen LogP contribution >= 0.6 is 24.8 Å². The Balaban J connectivity index is 0.00000200. The quantitative estimate of drug-likeness (QED) is 0.753. The Labute approximate surface area is 137 Å². The number of carbonyl (C=O) groups excluding carboxylic acids is 1. The fourth-order valence-electron chi connectivity index (χ4n) is 2.31. The highest BCUT2D eigenvalue weighted by Gasteiger charge is 2.25. The first-order valence-electron chi connectivity index (χ1n) is 6.72. The van der Waals surface area contributed by atoms with Gasteiger partial charge in [-0.05, 0) is 17.5 Å². The number of aromatic nitrogens is 1. The van der Waals surface area contributed by atoms with E-state index in [2.05, 4.69) is 15.6 Å². The largest absolute Gasteiger partial charge is 0.391 e. The first kappa shape index (κ1) is 20.1. The summed E-state index contributed by atoms with van der Waals surface area (Å²) in [6, 6.07) is 3.86. The highest BCUT2D eigenvalue weighted by atomic mass is 35.5. The molecule has 2 heterocycles. The van der Waals surface area contributed by atoms with E-state index in [-0.39, 0.29) is 48.7 Å². The van der Waals surface area contributed by atoms with Gasteiger partial charge in [0.2, 0.25) is 5.91 Å². The van der Waals surface area contributed by atoms with Crippen LogP contribution < -0.4 is 10.6 Å². The first-order valence-corrected chi connectivity index (χ1v) is 6.72. The third-order valence-corrected chi connectivity index (χ3v) is 3.61. The van der Waals surface area contributed by atoms with Crippen LogP contribution in [0.4, 0.5) is 0 Å². The number of β-amino-alcohol motifs (C(OH)–C–C–N with tert-alkyl or cyclic N) is 1. The van der Waals surface area contributed by atoms with E-state index in [4.69, 9.17) is 0 Å². The van der Waals surface area contributed by atoms with E-state index in [9.17, 15) is 9.90 Å². The molecular weight excluding hydrogens is 313 g/mol. The van der Waals surface area contributed by atoms with Crippen molar-refractivity contribution in [2.24, 2.45) is 5.92 Å². The second-order valence-corrected chi connectivity index (χ2v) is 5.18. The molecule has 1 aliphatic heterocycles. The maximum atomic E-state index is 11.9. The highest BCUT2D eigenvalue weighted by Crippen LogP contribution is 2.17. The molecule has 1 amide bonds. The van der Waals surface area contributed by atoms with Crippen LogP contribution in [-0.4, -0.2) is 41.7 Å². The zero-order valence-electron chi connectivity index (χ0n) is 12.0. The van der Waals surface area contributed by atoms with Crippen molar-refractivity contribution in [3.63, 3.8) is 0 Å². The van der Waals surface area contributed by atoms with Gasteiger partial charge in [-0.15, -0.1) is 24.8 Å². The van der Waals surface area contributed by atoms with E-state index in [1.54, 1.807) is 12.4 Å². The minimum Gasteiger partial charge on any atom is -0.391 e. The molecule has 0 saturated carbocycles. The standard InChI is InChI=1S/C14H21N3O2.2ClH/c1-10(11-3-2-4-15-6-11)5-14(19)17-8-12-7-16-9-13(12)18;;/h2-4,6,10,12-13,16,18H,5,7-9H2,1H3,(H,17,19);2*1H. The van der Waals surface area contributed by atoms with E-state index in [0.29, 0.717) is 19.5 Å². The van der Waals surface area contributed by atoms with Crippen molar-refractivity contribution < 1.29 is 9.90 Å². The molecule has 2 rings (SSSR count). The summed E-state index contributed by atoms with van der Waals surface area (Å²) >= 11 is 0. The molecule has 0 aliphatic carbocycles. The summed E-state index contributed by atoms with van der Waals surface area (Å²) in [6.45, 7) is 3.93. The van der Waals surface area contributed by atoms with E-state index in [1.165, 1.54) is 0 Å². The number of carbonyl (C=O) groups is 1. The third-order valence-electron chi connectivity index (χ3n) is 3.61. The molecule has 3 N–H and O–H groups in total. The predicted octanol–water partition coefficient (Wildman–Crippen LogP) is 1.12. The molecule has 120 valence electrons. The fraction of sp³-hybridized carbons (Fsp3) is 0.571. The SMILES string of the molecule is CC(CC(=O)NCC1CNCC1O)c1cccnc1.Cl.Cl. The molecule has 1 saturated heterocycles. The number of aliphatic hydroxyl groups is 1. The van der Waals surface area contributed by atoms with Gasteiger partial charge >= 0.3 is 0 Å². The number of nitrogens with zero attached hydrogens (tertiary/aromatic N) is 1. The van der Waals surface area contributed by atoms with Gasteiger partial charge in [0, 0.05) is 44.4 Å². The number of hydrogen-bond donors (Lipinski definition) is 3. The number of aliphatic hydroxyl groups excluding tert-OH is 1. The van der Waals surface area contributed by atoms with Gasteiger partial charge in [-0.3, -0.25) is 9.78 Å². The van der Waals surface area contributed by atoms with Gasteiger partial charge in [-0.25, -0.2) is 0 Å². The lowest BCUT2D eigenvalue weighted by molar-refractivity contribution is -0.121. The van der Waals surface area contributed by atoms with Crippen molar-refractivity contribution in [3.05, 3.63) is 30.1 Å². The van der Waals surface area contributed by atoms with E-state index in [0.717, 1.165) is 12.1 Å². The third kappa shape index (κ3) is 6.18. The number of nitrogens with one attached hydrogen (secondary N) is 2. The van der Waals surface area contributed by atoms with Gasteiger partial charge in [0.25, 0.3) is 0 Å². The van der Waals surface area contributed by atoms with Crippen LogP contribution in [0.2, 0.25) is 0 Å². The van der Waals surface area contributed by atoms with Crippen molar-refractivity contribution in [1.29, 1.82) is 0 Å². The summed E-state index contributed by atoms with van der Waals surface area (Å²) in [7, 11) is 0. The average Bonchev–Trinajstić information content (AvgIpc) is 2.83. The van der Waals surface area contributed by atoms with E-state index in [1.807, 2.05) is 19.1 Å². The Morgan fingerprint density at radius 3 is 2.86 bits per heavy atom. The van der Waals surface area contributed by atoms with Gasteiger partial charge in [0.05, 0.1) is 6.10 Å². The summed E-state index contributed by atoms with van der Waals surface area (Å²) in [4.78, 5) is 15.9. The minimum absolute atomic E-state index is 0. The molecule has 3 unspecified atom stereocenters. The van der Waals surface area contributed by atoms with Crippen molar-refractivity contribution in [2.45, 2.75) is 25.4 Å². The molecule has 0 radical (unpaired) electrons. The Morgan fingerprint density at radius 1 is 1.52 bits per heavy atom. The second kappa shape index (κ2) is 9.95. The Bertz CT molecular complexity index is 420. The molecule has 0 bridgehead atoms. The lowest BCUT2D eigenvalue weighted by atomic mass is 9.99. The lowest BCUT2D eigenvalue weighted by Gasteiger charge is -2.16. The van der Waals surface area contributed by atoms with Crippen molar-refractivity contribution >= 4 is 30.7 Å². The van der Waals surface area contributed by atoms with Gasteiger partial charge in [-0.1, -0.05) is 13.0 Å². The number of halogens is 2. The molecule has 7 heteroatoms. The van der Waals surface area contributed by atoms with Crippen LogP contribution in [-0.2, 0) is 4.79 Å². The van der Waals surface area contributed by atoms with Gasteiger partial charge in [-0.2, -0.15) is 0 Å². The summed E-state index contributed by atoms with van der Waals surface area (Å²) in [5, 5.41) is 15.6. The Morgan fingerprint density at radius 2 is 2.29 bits per heavy atom. The zero-order chi connectivity index (χ0) is 13.7. The Kier molecular flexibility index (Phi) is 9.53. The van der Waals surface area contributed by atoms with Crippen molar-refractivity contribution in [2.75, 3.05) is 19.6 Å². The van der Waals surface area contributed by atoms with Crippen LogP contribution in [0.1, 0.15) is 24.8 Å². The zero-order valence-corrected chi connectivity index (χ0v) is 13.6.